The average molecular weight is 425 g/mol. The lowest BCUT2D eigenvalue weighted by Crippen LogP contribution is -2.46. The summed E-state index contributed by atoms with van der Waals surface area (Å²) in [4.78, 5) is 6.58. The average Bonchev–Trinajstić information content (AvgIpc) is 3.15. The zero-order valence-corrected chi connectivity index (χ0v) is 18.1. The zero-order valence-electron chi connectivity index (χ0n) is 18.1. The third-order valence-corrected chi connectivity index (χ3v) is 6.09. The maximum absolute atomic E-state index is 11.9. The Morgan fingerprint density at radius 2 is 1.75 bits per heavy atom. The van der Waals surface area contributed by atoms with Gasteiger partial charge in [-0.3, -0.25) is 0 Å². The quantitative estimate of drug-likeness (QED) is 0.476. The van der Waals surface area contributed by atoms with Gasteiger partial charge < -0.3 is 9.84 Å². The number of hydrogen-bond acceptors (Lipinski definition) is 4. The normalized spacial score (nSPS) is 17.2. The number of nitrogens with zero attached hydrogens (tertiary/aromatic N) is 3. The molecule has 5 nitrogen and oxygen atoms in total. The van der Waals surface area contributed by atoms with Gasteiger partial charge in [0.1, 0.15) is 18.5 Å². The Morgan fingerprint density at radius 3 is 2.53 bits per heavy atom. The minimum atomic E-state index is -1.17. The molecular formula is C27H26N3O2+. The molecule has 1 unspecified atom stereocenters. The Bertz CT molecular complexity index is 1210. The molecule has 5 rings (SSSR count). The van der Waals surface area contributed by atoms with Crippen molar-refractivity contribution in [3.8, 4) is 16.9 Å². The van der Waals surface area contributed by atoms with Crippen LogP contribution in [0.15, 0.2) is 97.3 Å². The van der Waals surface area contributed by atoms with Gasteiger partial charge >= 0.3 is 5.95 Å². The smallest absolute Gasteiger partial charge is 0.396 e. The van der Waals surface area contributed by atoms with Crippen LogP contribution >= 0.6 is 0 Å². The van der Waals surface area contributed by atoms with Gasteiger partial charge in [0, 0.05) is 18.1 Å². The van der Waals surface area contributed by atoms with Crippen LogP contribution in [-0.2, 0) is 18.7 Å². The Labute approximate surface area is 188 Å². The highest BCUT2D eigenvalue weighted by atomic mass is 16.5. The monoisotopic (exact) mass is 424 g/mol. The van der Waals surface area contributed by atoms with Gasteiger partial charge in [-0.2, -0.15) is 0 Å². The van der Waals surface area contributed by atoms with Crippen LogP contribution < -0.4 is 14.2 Å². The van der Waals surface area contributed by atoms with Crippen LogP contribution in [0.25, 0.3) is 11.1 Å². The fourth-order valence-electron chi connectivity index (χ4n) is 4.39. The van der Waals surface area contributed by atoms with Crippen molar-refractivity contribution in [2.45, 2.75) is 18.7 Å². The highest BCUT2D eigenvalue weighted by molar-refractivity contribution is 5.63. The number of fused-ring (bicyclic) bond motifs is 1. The molecule has 0 spiro atoms. The number of hydrogen-bond donors (Lipinski definition) is 1. The van der Waals surface area contributed by atoms with Crippen LogP contribution in [0.2, 0.25) is 0 Å². The standard InChI is InChI=1S/C27H26N3O2/c1-32-25-10-5-7-21(19-25)15-18-30-26-28-16-6-17-29(26)20-27(30,31)24-13-11-23(12-14-24)22-8-3-2-4-9-22/h2-14,16-17,19,31H,15,18,20H2,1H3/q+1. The molecule has 160 valence electrons. The lowest BCUT2D eigenvalue weighted by molar-refractivity contribution is -0.685. The fraction of sp³-hybridized carbons (Fsp3) is 0.185. The Balaban J connectivity index is 1.45. The second kappa shape index (κ2) is 8.44. The molecule has 5 heteroatoms. The highest BCUT2D eigenvalue weighted by Gasteiger charge is 2.51. The molecular weight excluding hydrogens is 398 g/mol. The molecule has 0 saturated carbocycles. The van der Waals surface area contributed by atoms with E-state index in [9.17, 15) is 5.11 Å². The van der Waals surface area contributed by atoms with Crippen molar-refractivity contribution in [2.24, 2.45) is 0 Å². The number of benzene rings is 3. The maximum Gasteiger partial charge on any atom is 0.396 e. The molecule has 0 radical (unpaired) electrons. The molecule has 1 aromatic heterocycles. The SMILES string of the molecule is COc1cccc(CCN2c3nccc[n+]3CC2(O)c2ccc(-c3ccccc3)cc2)c1. The van der Waals surface area contributed by atoms with Gasteiger partial charge in [-0.15, -0.1) is 0 Å². The zero-order chi connectivity index (χ0) is 22.0. The van der Waals surface area contributed by atoms with Crippen molar-refractivity contribution < 1.29 is 14.4 Å². The van der Waals surface area contributed by atoms with E-state index in [0.717, 1.165) is 40.4 Å². The van der Waals surface area contributed by atoms with Gasteiger partial charge in [-0.05, 0) is 28.8 Å². The summed E-state index contributed by atoms with van der Waals surface area (Å²) >= 11 is 0. The molecule has 1 aliphatic rings. The molecule has 0 amide bonds. The summed E-state index contributed by atoms with van der Waals surface area (Å²) in [5.41, 5.74) is 3.12. The summed E-state index contributed by atoms with van der Waals surface area (Å²) in [6, 6.07) is 28.4. The molecule has 0 fully saturated rings. The minimum Gasteiger partial charge on any atom is -0.497 e. The number of rotatable bonds is 6. The second-order valence-corrected chi connectivity index (χ2v) is 8.06. The predicted octanol–water partition coefficient (Wildman–Crippen LogP) is 3.95. The van der Waals surface area contributed by atoms with E-state index in [-0.39, 0.29) is 0 Å². The number of aromatic nitrogens is 2. The summed E-state index contributed by atoms with van der Waals surface area (Å²) < 4.78 is 7.37. The molecule has 1 aliphatic heterocycles. The minimum absolute atomic E-state index is 0.430. The molecule has 0 bridgehead atoms. The van der Waals surface area contributed by atoms with Crippen LogP contribution in [0.5, 0.6) is 5.75 Å². The summed E-state index contributed by atoms with van der Waals surface area (Å²) in [6.45, 7) is 1.06. The largest absolute Gasteiger partial charge is 0.497 e. The summed E-state index contributed by atoms with van der Waals surface area (Å²) in [7, 11) is 1.67. The number of aliphatic hydroxyl groups is 1. The molecule has 3 aromatic carbocycles. The fourth-order valence-corrected chi connectivity index (χ4v) is 4.39. The van der Waals surface area contributed by atoms with Crippen LogP contribution in [0, 0.1) is 0 Å². The molecule has 4 aromatic rings. The molecule has 2 heterocycles. The van der Waals surface area contributed by atoms with E-state index >= 15 is 0 Å². The molecule has 1 N–H and O–H groups in total. The third kappa shape index (κ3) is 3.72. The molecule has 1 atom stereocenters. The summed E-state index contributed by atoms with van der Waals surface area (Å²) in [5, 5.41) is 11.9. The van der Waals surface area contributed by atoms with E-state index < -0.39 is 5.72 Å². The maximum atomic E-state index is 11.9. The van der Waals surface area contributed by atoms with E-state index in [1.165, 1.54) is 0 Å². The van der Waals surface area contributed by atoms with Crippen LogP contribution in [0.1, 0.15) is 11.1 Å². The van der Waals surface area contributed by atoms with E-state index in [1.807, 2.05) is 70.3 Å². The third-order valence-electron chi connectivity index (χ3n) is 6.09. The van der Waals surface area contributed by atoms with Crippen LogP contribution in [0.3, 0.4) is 0 Å². The van der Waals surface area contributed by atoms with Crippen molar-refractivity contribution in [3.05, 3.63) is 108 Å². The van der Waals surface area contributed by atoms with Gasteiger partial charge in [0.05, 0.1) is 19.9 Å². The summed E-state index contributed by atoms with van der Waals surface area (Å²) in [5.74, 6) is 1.61. The first-order valence-electron chi connectivity index (χ1n) is 10.8. The van der Waals surface area contributed by atoms with E-state index in [2.05, 4.69) is 35.3 Å². The Morgan fingerprint density at radius 1 is 0.969 bits per heavy atom. The lowest BCUT2D eigenvalue weighted by atomic mass is 9.97. The molecule has 0 saturated heterocycles. The predicted molar refractivity (Wildman–Crippen MR) is 124 cm³/mol. The van der Waals surface area contributed by atoms with Crippen molar-refractivity contribution in [1.29, 1.82) is 0 Å². The molecule has 0 aliphatic carbocycles. The van der Waals surface area contributed by atoms with Gasteiger partial charge in [0.2, 0.25) is 5.72 Å². The van der Waals surface area contributed by atoms with Crippen molar-refractivity contribution in [1.82, 2.24) is 4.98 Å². The number of anilines is 1. The second-order valence-electron chi connectivity index (χ2n) is 8.06. The van der Waals surface area contributed by atoms with Crippen molar-refractivity contribution in [2.75, 3.05) is 18.6 Å². The number of methoxy groups -OCH3 is 1. The Kier molecular flexibility index (Phi) is 5.33. The van der Waals surface area contributed by atoms with Crippen LogP contribution in [-0.4, -0.2) is 23.7 Å². The first-order valence-corrected chi connectivity index (χ1v) is 10.8. The van der Waals surface area contributed by atoms with Gasteiger partial charge in [-0.25, -0.2) is 9.47 Å². The lowest BCUT2D eigenvalue weighted by Gasteiger charge is -2.28. The summed E-state index contributed by atoms with van der Waals surface area (Å²) in [6.07, 6.45) is 4.50. The Hall–Kier alpha value is -3.70. The number of ether oxygens (including phenoxy) is 1. The van der Waals surface area contributed by atoms with Crippen LogP contribution in [0.4, 0.5) is 5.95 Å². The van der Waals surface area contributed by atoms with Gasteiger partial charge in [0.15, 0.2) is 0 Å². The van der Waals surface area contributed by atoms with E-state index in [1.54, 1.807) is 13.3 Å². The van der Waals surface area contributed by atoms with Gasteiger partial charge in [-0.1, -0.05) is 71.7 Å². The van der Waals surface area contributed by atoms with Gasteiger partial charge in [0.25, 0.3) is 0 Å². The van der Waals surface area contributed by atoms with Crippen molar-refractivity contribution >= 4 is 5.95 Å². The molecule has 32 heavy (non-hydrogen) atoms. The topological polar surface area (TPSA) is 49.5 Å². The first kappa shape index (κ1) is 20.2. The van der Waals surface area contributed by atoms with Crippen molar-refractivity contribution in [3.63, 3.8) is 0 Å². The van der Waals surface area contributed by atoms with E-state index in [0.29, 0.717) is 13.1 Å². The van der Waals surface area contributed by atoms with E-state index in [4.69, 9.17) is 4.74 Å². The first-order chi connectivity index (χ1) is 15.7. The highest BCUT2D eigenvalue weighted by Crippen LogP contribution is 2.35.